The van der Waals surface area contributed by atoms with E-state index in [1.165, 1.54) is 5.01 Å². The van der Waals surface area contributed by atoms with Crippen molar-refractivity contribution in [1.29, 1.82) is 0 Å². The number of nitroso groups, excluding NO2 is 1. The number of thiazole rings is 1. The molecular weight excluding hydrogens is 242 g/mol. The lowest BCUT2D eigenvalue weighted by molar-refractivity contribution is 0.265. The molecule has 1 aromatic rings. The number of fused-ring (bicyclic) bond motifs is 1. The second-order valence-electron chi connectivity index (χ2n) is 2.56. The van der Waals surface area contributed by atoms with Gasteiger partial charge in [-0.3, -0.25) is 5.01 Å². The maximum Gasteiger partial charge on any atom is 0.159 e. The van der Waals surface area contributed by atoms with Crippen molar-refractivity contribution in [3.8, 4) is 0 Å². The Kier molecular flexibility index (Phi) is 2.10. The van der Waals surface area contributed by atoms with E-state index in [1.54, 1.807) is 11.3 Å². The maximum absolute atomic E-state index is 10.2. The van der Waals surface area contributed by atoms with Crippen molar-refractivity contribution in [2.75, 3.05) is 6.54 Å². The van der Waals surface area contributed by atoms with Gasteiger partial charge in [-0.15, -0.1) is 16.2 Å². The van der Waals surface area contributed by atoms with Crippen molar-refractivity contribution < 1.29 is 0 Å². The molecule has 0 aromatic carbocycles. The summed E-state index contributed by atoms with van der Waals surface area (Å²) in [6.07, 6.45) is 0.823. The van der Waals surface area contributed by atoms with Gasteiger partial charge in [-0.2, -0.15) is 0 Å². The van der Waals surface area contributed by atoms with Gasteiger partial charge in [0.05, 0.1) is 22.4 Å². The first-order valence-electron chi connectivity index (χ1n) is 3.52. The van der Waals surface area contributed by atoms with Crippen LogP contribution in [0.1, 0.15) is 10.6 Å². The third-order valence-corrected chi connectivity index (χ3v) is 3.33. The molecule has 0 unspecified atom stereocenters. The molecule has 0 radical (unpaired) electrons. The van der Waals surface area contributed by atoms with Crippen molar-refractivity contribution in [2.24, 2.45) is 5.29 Å². The highest BCUT2D eigenvalue weighted by molar-refractivity contribution is 9.11. The zero-order chi connectivity index (χ0) is 8.55. The Labute approximate surface area is 81.7 Å². The summed E-state index contributed by atoms with van der Waals surface area (Å²) in [6, 6.07) is 0. The number of halogens is 1. The van der Waals surface area contributed by atoms with E-state index >= 15 is 0 Å². The minimum Gasteiger partial charge on any atom is -0.255 e. The molecule has 1 aromatic heterocycles. The van der Waals surface area contributed by atoms with E-state index in [9.17, 15) is 4.91 Å². The molecule has 0 saturated heterocycles. The van der Waals surface area contributed by atoms with Crippen LogP contribution in [0.2, 0.25) is 0 Å². The summed E-state index contributed by atoms with van der Waals surface area (Å²) in [7, 11) is 0. The Balaban J connectivity index is 2.28. The van der Waals surface area contributed by atoms with Crippen molar-refractivity contribution >= 4 is 27.3 Å². The molecule has 0 fully saturated rings. The Hall–Kier alpha value is -0.490. The minimum atomic E-state index is 0.613. The zero-order valence-electron chi connectivity index (χ0n) is 6.16. The summed E-state index contributed by atoms with van der Waals surface area (Å²) < 4.78 is 0.889. The van der Waals surface area contributed by atoms with E-state index in [-0.39, 0.29) is 0 Å². The topological polar surface area (TPSA) is 45.6 Å². The molecule has 1 aliphatic rings. The van der Waals surface area contributed by atoms with Crippen molar-refractivity contribution in [3.05, 3.63) is 19.4 Å². The predicted molar refractivity (Wildman–Crippen MR) is 49.7 cm³/mol. The highest BCUT2D eigenvalue weighted by Crippen LogP contribution is 2.27. The summed E-state index contributed by atoms with van der Waals surface area (Å²) in [5, 5.41) is 4.42. The highest BCUT2D eigenvalue weighted by Gasteiger charge is 2.19. The molecule has 1 aliphatic heterocycles. The monoisotopic (exact) mass is 247 g/mol. The number of hydrogen-bond acceptors (Lipinski definition) is 4. The first-order chi connectivity index (χ1) is 5.79. The van der Waals surface area contributed by atoms with Crippen LogP contribution in [-0.2, 0) is 13.0 Å². The molecule has 0 amide bonds. The standard InChI is InChI=1S/C6H6BrN3OS/c7-6-8-4-1-2-10(9-11)3-5(4)12-6/h1-3H2. The van der Waals surface area contributed by atoms with Crippen LogP contribution in [-0.4, -0.2) is 16.5 Å². The average Bonchev–Trinajstić information content (AvgIpc) is 2.43. The van der Waals surface area contributed by atoms with E-state index in [2.05, 4.69) is 26.2 Å². The average molecular weight is 248 g/mol. The van der Waals surface area contributed by atoms with Crippen LogP contribution in [0.4, 0.5) is 0 Å². The molecule has 6 heteroatoms. The first-order valence-corrected chi connectivity index (χ1v) is 5.13. The third kappa shape index (κ3) is 1.36. The lowest BCUT2D eigenvalue weighted by Gasteiger charge is -2.18. The molecular formula is C6H6BrN3OS. The molecule has 64 valence electrons. The van der Waals surface area contributed by atoms with Gasteiger partial charge in [0.25, 0.3) is 0 Å². The van der Waals surface area contributed by atoms with Crippen molar-refractivity contribution in [3.63, 3.8) is 0 Å². The fraction of sp³-hybridized carbons (Fsp3) is 0.500. The van der Waals surface area contributed by atoms with Gasteiger partial charge in [-0.25, -0.2) is 4.98 Å². The Morgan fingerprint density at radius 3 is 3.25 bits per heavy atom. The molecule has 12 heavy (non-hydrogen) atoms. The summed E-state index contributed by atoms with van der Waals surface area (Å²) in [5.41, 5.74) is 1.10. The minimum absolute atomic E-state index is 0.613. The number of nitrogens with zero attached hydrogens (tertiary/aromatic N) is 3. The fourth-order valence-corrected chi connectivity index (χ4v) is 2.86. The molecule has 0 spiro atoms. The smallest absolute Gasteiger partial charge is 0.159 e. The predicted octanol–water partition coefficient (Wildman–Crippen LogP) is 1.95. The van der Waals surface area contributed by atoms with Gasteiger partial charge in [0.1, 0.15) is 0 Å². The van der Waals surface area contributed by atoms with Crippen molar-refractivity contribution in [2.45, 2.75) is 13.0 Å². The largest absolute Gasteiger partial charge is 0.255 e. The molecule has 2 rings (SSSR count). The van der Waals surface area contributed by atoms with Gasteiger partial charge in [0, 0.05) is 13.0 Å². The van der Waals surface area contributed by atoms with E-state index in [4.69, 9.17) is 0 Å². The van der Waals surface area contributed by atoms with E-state index in [0.29, 0.717) is 13.1 Å². The van der Waals surface area contributed by atoms with Crippen LogP contribution in [0.15, 0.2) is 9.20 Å². The van der Waals surface area contributed by atoms with Gasteiger partial charge in [-0.1, -0.05) is 0 Å². The summed E-state index contributed by atoms with van der Waals surface area (Å²) in [6.45, 7) is 1.30. The number of aromatic nitrogens is 1. The zero-order valence-corrected chi connectivity index (χ0v) is 8.56. The molecule has 2 heterocycles. The van der Waals surface area contributed by atoms with Gasteiger partial charge in [0.2, 0.25) is 0 Å². The molecule has 0 saturated carbocycles. The quantitative estimate of drug-likeness (QED) is 0.713. The normalized spacial score (nSPS) is 15.9. The summed E-state index contributed by atoms with van der Waals surface area (Å²) in [5.74, 6) is 0. The highest BCUT2D eigenvalue weighted by atomic mass is 79.9. The van der Waals surface area contributed by atoms with Crippen LogP contribution in [0.3, 0.4) is 0 Å². The maximum atomic E-state index is 10.2. The van der Waals surface area contributed by atoms with Crippen LogP contribution in [0.5, 0.6) is 0 Å². The second kappa shape index (κ2) is 3.10. The van der Waals surface area contributed by atoms with E-state index < -0.39 is 0 Å². The molecule has 0 N–H and O–H groups in total. The number of hydrogen-bond donors (Lipinski definition) is 0. The SMILES string of the molecule is O=NN1CCc2nc(Br)sc2C1. The van der Waals surface area contributed by atoms with Crippen LogP contribution < -0.4 is 0 Å². The molecule has 0 aliphatic carbocycles. The van der Waals surface area contributed by atoms with Crippen LogP contribution in [0, 0.1) is 4.91 Å². The van der Waals surface area contributed by atoms with Crippen LogP contribution >= 0.6 is 27.3 Å². The van der Waals surface area contributed by atoms with E-state index in [1.807, 2.05) is 0 Å². The van der Waals surface area contributed by atoms with Crippen LogP contribution in [0.25, 0.3) is 0 Å². The second-order valence-corrected chi connectivity index (χ2v) is 4.92. The Morgan fingerprint density at radius 1 is 1.67 bits per heavy atom. The molecule has 0 atom stereocenters. The van der Waals surface area contributed by atoms with Gasteiger partial charge in [-0.05, 0) is 15.9 Å². The fourth-order valence-electron chi connectivity index (χ4n) is 1.22. The third-order valence-electron chi connectivity index (χ3n) is 1.80. The molecule has 0 bridgehead atoms. The lowest BCUT2D eigenvalue weighted by Crippen LogP contribution is -2.24. The summed E-state index contributed by atoms with van der Waals surface area (Å²) in [4.78, 5) is 15.7. The van der Waals surface area contributed by atoms with E-state index in [0.717, 1.165) is 20.9 Å². The lowest BCUT2D eigenvalue weighted by atomic mass is 10.2. The first kappa shape index (κ1) is 8.12. The Bertz CT molecular complexity index is 314. The van der Waals surface area contributed by atoms with Gasteiger partial charge >= 0.3 is 0 Å². The van der Waals surface area contributed by atoms with Crippen molar-refractivity contribution in [1.82, 2.24) is 9.99 Å². The molecule has 4 nitrogen and oxygen atoms in total. The Morgan fingerprint density at radius 2 is 2.50 bits per heavy atom. The van der Waals surface area contributed by atoms with Gasteiger partial charge in [0.15, 0.2) is 3.92 Å². The van der Waals surface area contributed by atoms with Gasteiger partial charge < -0.3 is 0 Å². The number of rotatable bonds is 1. The summed E-state index contributed by atoms with van der Waals surface area (Å²) >= 11 is 4.89.